The molecular weight excluding hydrogens is 224 g/mol. The van der Waals surface area contributed by atoms with Gasteiger partial charge in [-0.3, -0.25) is 9.59 Å². The maximum Gasteiger partial charge on any atom is 0.324 e. The average Bonchev–Trinajstić information content (AvgIpc) is 2.67. The van der Waals surface area contributed by atoms with Gasteiger partial charge in [-0.1, -0.05) is 0 Å². The standard InChI is InChI=1S/C11H14N2O4/c14-9(11(10(15)16)6-17-7-11)13-4-2-8-1-3-12-5-8/h1,3,5,12H,2,4,6-7H2,(H,13,14)(H,15,16). The first-order valence-electron chi connectivity index (χ1n) is 5.36. The number of nitrogens with one attached hydrogen (secondary N) is 2. The van der Waals surface area contributed by atoms with E-state index in [0.717, 1.165) is 5.56 Å². The van der Waals surface area contributed by atoms with Crippen molar-refractivity contribution in [3.8, 4) is 0 Å². The highest BCUT2D eigenvalue weighted by atomic mass is 16.5. The molecule has 0 saturated carbocycles. The first kappa shape index (κ1) is 11.7. The Morgan fingerprint density at radius 2 is 2.29 bits per heavy atom. The number of ether oxygens (including phenoxy) is 1. The average molecular weight is 238 g/mol. The van der Waals surface area contributed by atoms with E-state index >= 15 is 0 Å². The molecular formula is C11H14N2O4. The number of hydrogen-bond donors (Lipinski definition) is 3. The summed E-state index contributed by atoms with van der Waals surface area (Å²) >= 11 is 0. The Labute approximate surface area is 98.0 Å². The molecule has 1 aliphatic heterocycles. The maximum atomic E-state index is 11.7. The zero-order valence-corrected chi connectivity index (χ0v) is 9.23. The van der Waals surface area contributed by atoms with E-state index in [2.05, 4.69) is 10.3 Å². The van der Waals surface area contributed by atoms with E-state index in [1.54, 1.807) is 6.20 Å². The number of carbonyl (C=O) groups excluding carboxylic acids is 1. The highest BCUT2D eigenvalue weighted by molar-refractivity contribution is 6.03. The van der Waals surface area contributed by atoms with Crippen LogP contribution in [0.4, 0.5) is 0 Å². The summed E-state index contributed by atoms with van der Waals surface area (Å²) in [6.07, 6.45) is 4.31. The van der Waals surface area contributed by atoms with Crippen molar-refractivity contribution >= 4 is 11.9 Å². The zero-order chi connectivity index (χ0) is 12.3. The first-order valence-corrected chi connectivity index (χ1v) is 5.36. The van der Waals surface area contributed by atoms with Crippen molar-refractivity contribution in [3.05, 3.63) is 24.0 Å². The molecule has 92 valence electrons. The quantitative estimate of drug-likeness (QED) is 0.618. The van der Waals surface area contributed by atoms with E-state index in [0.29, 0.717) is 13.0 Å². The van der Waals surface area contributed by atoms with Gasteiger partial charge in [0.05, 0.1) is 13.2 Å². The molecule has 1 fully saturated rings. The number of carboxylic acids is 1. The molecule has 0 spiro atoms. The lowest BCUT2D eigenvalue weighted by Gasteiger charge is -2.35. The van der Waals surface area contributed by atoms with Gasteiger partial charge >= 0.3 is 5.97 Å². The molecule has 6 heteroatoms. The lowest BCUT2D eigenvalue weighted by Crippen LogP contribution is -2.59. The number of H-pyrrole nitrogens is 1. The minimum absolute atomic E-state index is 0.0433. The fourth-order valence-corrected chi connectivity index (χ4v) is 1.66. The summed E-state index contributed by atoms with van der Waals surface area (Å²) < 4.78 is 4.83. The van der Waals surface area contributed by atoms with Crippen molar-refractivity contribution in [1.29, 1.82) is 0 Å². The van der Waals surface area contributed by atoms with Crippen LogP contribution in [0.3, 0.4) is 0 Å². The van der Waals surface area contributed by atoms with E-state index in [9.17, 15) is 9.59 Å². The molecule has 1 aromatic rings. The summed E-state index contributed by atoms with van der Waals surface area (Å²) in [6.45, 7) is 0.336. The molecule has 0 radical (unpaired) electrons. The van der Waals surface area contributed by atoms with Crippen LogP contribution in [0, 0.1) is 5.41 Å². The van der Waals surface area contributed by atoms with Crippen molar-refractivity contribution in [2.24, 2.45) is 5.41 Å². The van der Waals surface area contributed by atoms with Gasteiger partial charge in [0, 0.05) is 18.9 Å². The van der Waals surface area contributed by atoms with E-state index in [-0.39, 0.29) is 13.2 Å². The van der Waals surface area contributed by atoms with Gasteiger partial charge in [0.2, 0.25) is 5.91 Å². The molecule has 1 aromatic heterocycles. The topological polar surface area (TPSA) is 91.4 Å². The Morgan fingerprint density at radius 3 is 2.76 bits per heavy atom. The molecule has 6 nitrogen and oxygen atoms in total. The van der Waals surface area contributed by atoms with E-state index in [1.165, 1.54) is 0 Å². The molecule has 0 atom stereocenters. The van der Waals surface area contributed by atoms with Gasteiger partial charge in [0.25, 0.3) is 0 Å². The van der Waals surface area contributed by atoms with Crippen LogP contribution < -0.4 is 5.32 Å². The van der Waals surface area contributed by atoms with E-state index < -0.39 is 17.3 Å². The van der Waals surface area contributed by atoms with Crippen molar-refractivity contribution in [2.75, 3.05) is 19.8 Å². The maximum absolute atomic E-state index is 11.7. The lowest BCUT2D eigenvalue weighted by atomic mass is 9.85. The number of aromatic nitrogens is 1. The van der Waals surface area contributed by atoms with E-state index in [4.69, 9.17) is 9.84 Å². The van der Waals surface area contributed by atoms with Crippen molar-refractivity contribution in [3.63, 3.8) is 0 Å². The van der Waals surface area contributed by atoms with Crippen LogP contribution in [-0.2, 0) is 20.7 Å². The van der Waals surface area contributed by atoms with Crippen LogP contribution in [0.2, 0.25) is 0 Å². The monoisotopic (exact) mass is 238 g/mol. The summed E-state index contributed by atoms with van der Waals surface area (Å²) in [7, 11) is 0. The second-order valence-corrected chi connectivity index (χ2v) is 4.11. The third-order valence-corrected chi connectivity index (χ3v) is 2.90. The third kappa shape index (κ3) is 2.16. The number of carboxylic acid groups (broad SMARTS) is 1. The van der Waals surface area contributed by atoms with Crippen LogP contribution in [0.1, 0.15) is 5.56 Å². The van der Waals surface area contributed by atoms with Crippen molar-refractivity contribution in [1.82, 2.24) is 10.3 Å². The third-order valence-electron chi connectivity index (χ3n) is 2.90. The minimum atomic E-state index is -1.38. The summed E-state index contributed by atoms with van der Waals surface area (Å²) in [5.41, 5.74) is -0.308. The summed E-state index contributed by atoms with van der Waals surface area (Å²) in [5, 5.41) is 11.6. The highest BCUT2D eigenvalue weighted by Gasteiger charge is 2.53. The van der Waals surface area contributed by atoms with Gasteiger partial charge in [0.15, 0.2) is 5.41 Å². The zero-order valence-electron chi connectivity index (χ0n) is 9.23. The number of aromatic amines is 1. The van der Waals surface area contributed by atoms with Crippen molar-refractivity contribution in [2.45, 2.75) is 6.42 Å². The molecule has 0 aromatic carbocycles. The van der Waals surface area contributed by atoms with Crippen LogP contribution in [0.5, 0.6) is 0 Å². The summed E-state index contributed by atoms with van der Waals surface area (Å²) in [5.74, 6) is -1.59. The number of rotatable bonds is 5. The number of hydrogen-bond acceptors (Lipinski definition) is 3. The smallest absolute Gasteiger partial charge is 0.324 e. The van der Waals surface area contributed by atoms with Crippen LogP contribution in [0.25, 0.3) is 0 Å². The van der Waals surface area contributed by atoms with Gasteiger partial charge in [-0.15, -0.1) is 0 Å². The minimum Gasteiger partial charge on any atom is -0.480 e. The fraction of sp³-hybridized carbons (Fsp3) is 0.455. The molecule has 1 aliphatic rings. The largest absolute Gasteiger partial charge is 0.480 e. The molecule has 2 rings (SSSR count). The molecule has 3 N–H and O–H groups in total. The van der Waals surface area contributed by atoms with Gasteiger partial charge in [-0.25, -0.2) is 0 Å². The molecule has 1 amide bonds. The van der Waals surface area contributed by atoms with Crippen LogP contribution >= 0.6 is 0 Å². The lowest BCUT2D eigenvalue weighted by molar-refractivity contribution is -0.185. The Balaban J connectivity index is 1.83. The molecule has 0 bridgehead atoms. The van der Waals surface area contributed by atoms with Crippen LogP contribution in [0.15, 0.2) is 18.5 Å². The fourth-order valence-electron chi connectivity index (χ4n) is 1.66. The van der Waals surface area contributed by atoms with Gasteiger partial charge in [-0.2, -0.15) is 0 Å². The number of carbonyl (C=O) groups is 2. The Bertz CT molecular complexity index is 409. The molecule has 0 unspecified atom stereocenters. The normalized spacial score (nSPS) is 17.2. The van der Waals surface area contributed by atoms with Crippen LogP contribution in [-0.4, -0.2) is 41.7 Å². The predicted octanol–water partition coefficient (Wildman–Crippen LogP) is -0.225. The Hall–Kier alpha value is -1.82. The highest BCUT2D eigenvalue weighted by Crippen LogP contribution is 2.27. The SMILES string of the molecule is O=C(O)C1(C(=O)NCCc2cc[nH]c2)COC1. The summed E-state index contributed by atoms with van der Waals surface area (Å²) in [4.78, 5) is 25.6. The number of amides is 1. The molecule has 17 heavy (non-hydrogen) atoms. The number of aliphatic carboxylic acids is 1. The summed E-state index contributed by atoms with van der Waals surface area (Å²) in [6, 6.07) is 1.91. The second-order valence-electron chi connectivity index (χ2n) is 4.11. The molecule has 0 aliphatic carbocycles. The van der Waals surface area contributed by atoms with Gasteiger partial charge in [0.1, 0.15) is 0 Å². The Morgan fingerprint density at radius 1 is 1.53 bits per heavy atom. The second kappa shape index (κ2) is 4.58. The Kier molecular flexibility index (Phi) is 3.14. The van der Waals surface area contributed by atoms with Gasteiger partial charge in [-0.05, 0) is 18.1 Å². The van der Waals surface area contributed by atoms with Gasteiger partial charge < -0.3 is 20.1 Å². The molecule has 2 heterocycles. The molecule has 1 saturated heterocycles. The first-order chi connectivity index (χ1) is 8.15. The van der Waals surface area contributed by atoms with E-state index in [1.807, 2.05) is 12.3 Å². The van der Waals surface area contributed by atoms with Crippen molar-refractivity contribution < 1.29 is 19.4 Å². The predicted molar refractivity (Wildman–Crippen MR) is 58.4 cm³/mol.